The highest BCUT2D eigenvalue weighted by Gasteiger charge is 2.43. The molecule has 102 valence electrons. The third kappa shape index (κ3) is 2.12. The molecule has 0 aliphatic carbocycles. The van der Waals surface area contributed by atoms with E-state index in [1.807, 2.05) is 26.8 Å². The van der Waals surface area contributed by atoms with Gasteiger partial charge in [-0.2, -0.15) is 4.31 Å². The Morgan fingerprint density at radius 3 is 2.11 bits per heavy atom. The maximum absolute atomic E-state index is 12.5. The van der Waals surface area contributed by atoms with E-state index in [1.165, 1.54) is 0 Å². The average Bonchev–Trinajstić information content (AvgIpc) is 2.62. The zero-order chi connectivity index (χ0) is 13.9. The van der Waals surface area contributed by atoms with Crippen LogP contribution in [-0.2, 0) is 22.0 Å². The molecule has 0 atom stereocenters. The molecule has 0 spiro atoms. The second-order valence-corrected chi connectivity index (χ2v) is 9.80. The van der Waals surface area contributed by atoms with Gasteiger partial charge in [-0.3, -0.25) is 0 Å². The highest BCUT2D eigenvalue weighted by molar-refractivity contribution is 7.89. The van der Waals surface area contributed by atoms with Crippen LogP contribution in [0, 0.1) is 0 Å². The van der Waals surface area contributed by atoms with Crippen LogP contribution in [0.2, 0.25) is 0 Å². The van der Waals surface area contributed by atoms with Crippen LogP contribution in [0.1, 0.15) is 51.3 Å². The maximum Gasteiger partial charge on any atom is 0.245 e. The zero-order valence-electron chi connectivity index (χ0n) is 11.9. The van der Waals surface area contributed by atoms with Crippen LogP contribution in [0.15, 0.2) is 11.0 Å². The molecule has 0 bridgehead atoms. The van der Waals surface area contributed by atoms with Crippen LogP contribution in [0.4, 0.5) is 0 Å². The van der Waals surface area contributed by atoms with E-state index < -0.39 is 10.0 Å². The monoisotopic (exact) mass is 287 g/mol. The molecular weight excluding hydrogens is 266 g/mol. The van der Waals surface area contributed by atoms with Crippen LogP contribution >= 0.6 is 11.3 Å². The van der Waals surface area contributed by atoms with Gasteiger partial charge in [0.25, 0.3) is 0 Å². The number of sulfonamides is 1. The Labute approximate surface area is 114 Å². The van der Waals surface area contributed by atoms with Crippen molar-refractivity contribution in [3.05, 3.63) is 15.8 Å². The van der Waals surface area contributed by atoms with Gasteiger partial charge in [0, 0.05) is 15.3 Å². The van der Waals surface area contributed by atoms with Crippen LogP contribution in [-0.4, -0.2) is 18.3 Å². The summed E-state index contributed by atoms with van der Waals surface area (Å²) in [6.07, 6.45) is 0. The number of hydrogen-bond acceptors (Lipinski definition) is 3. The standard InChI is InChI=1S/C13H21NO2S2/c1-12(2,3)11-7-10-9(17-11)8-14(13(4,5)6)18(10,15)16/h7H,8H2,1-6H3. The quantitative estimate of drug-likeness (QED) is 0.734. The molecule has 18 heavy (non-hydrogen) atoms. The van der Waals surface area contributed by atoms with Crippen molar-refractivity contribution in [2.75, 3.05) is 0 Å². The second kappa shape index (κ2) is 3.81. The Balaban J connectivity index is 2.50. The molecule has 2 rings (SSSR count). The average molecular weight is 287 g/mol. The van der Waals surface area contributed by atoms with Gasteiger partial charge in [-0.25, -0.2) is 8.42 Å². The maximum atomic E-state index is 12.5. The predicted molar refractivity (Wildman–Crippen MR) is 75.5 cm³/mol. The Morgan fingerprint density at radius 2 is 1.72 bits per heavy atom. The molecule has 0 aromatic carbocycles. The summed E-state index contributed by atoms with van der Waals surface area (Å²) < 4.78 is 26.6. The summed E-state index contributed by atoms with van der Waals surface area (Å²) >= 11 is 1.63. The van der Waals surface area contributed by atoms with Crippen LogP contribution in [0.5, 0.6) is 0 Å². The lowest BCUT2D eigenvalue weighted by atomic mass is 9.95. The van der Waals surface area contributed by atoms with E-state index in [2.05, 4.69) is 20.8 Å². The summed E-state index contributed by atoms with van der Waals surface area (Å²) in [4.78, 5) is 2.65. The lowest BCUT2D eigenvalue weighted by Crippen LogP contribution is -2.41. The van der Waals surface area contributed by atoms with Crippen LogP contribution in [0.25, 0.3) is 0 Å². The van der Waals surface area contributed by atoms with E-state index in [-0.39, 0.29) is 11.0 Å². The Bertz CT molecular complexity index is 571. The minimum absolute atomic E-state index is 0.0110. The summed E-state index contributed by atoms with van der Waals surface area (Å²) in [6, 6.07) is 1.86. The number of rotatable bonds is 0. The molecule has 3 nitrogen and oxygen atoms in total. The highest BCUT2D eigenvalue weighted by Crippen LogP contribution is 2.43. The van der Waals surface area contributed by atoms with Crippen molar-refractivity contribution in [1.82, 2.24) is 4.31 Å². The third-order valence-corrected chi connectivity index (χ3v) is 6.96. The molecule has 1 aliphatic heterocycles. The van der Waals surface area contributed by atoms with Gasteiger partial charge in [-0.15, -0.1) is 11.3 Å². The normalized spacial score (nSPS) is 20.1. The lowest BCUT2D eigenvalue weighted by Gasteiger charge is -2.30. The second-order valence-electron chi connectivity index (χ2n) is 6.83. The summed E-state index contributed by atoms with van der Waals surface area (Å²) in [5, 5.41) is 0. The summed E-state index contributed by atoms with van der Waals surface area (Å²) in [5.74, 6) is 0. The van der Waals surface area contributed by atoms with Gasteiger partial charge in [0.15, 0.2) is 0 Å². The molecule has 1 aromatic rings. The van der Waals surface area contributed by atoms with Gasteiger partial charge in [-0.1, -0.05) is 20.8 Å². The molecule has 5 heteroatoms. The number of nitrogens with zero attached hydrogens (tertiary/aromatic N) is 1. The fourth-order valence-corrected chi connectivity index (χ4v) is 5.62. The van der Waals surface area contributed by atoms with Gasteiger partial charge in [0.05, 0.1) is 11.4 Å². The van der Waals surface area contributed by atoms with E-state index in [9.17, 15) is 8.42 Å². The number of thiophene rings is 1. The molecule has 0 radical (unpaired) electrons. The van der Waals surface area contributed by atoms with Crippen molar-refractivity contribution < 1.29 is 8.42 Å². The summed E-state index contributed by atoms with van der Waals surface area (Å²) in [7, 11) is -3.30. The van der Waals surface area contributed by atoms with Crippen molar-refractivity contribution in [3.8, 4) is 0 Å². The van der Waals surface area contributed by atoms with Crippen LogP contribution < -0.4 is 0 Å². The van der Waals surface area contributed by atoms with Crippen molar-refractivity contribution in [1.29, 1.82) is 0 Å². The first-order chi connectivity index (χ1) is 7.94. The summed E-state index contributed by atoms with van der Waals surface area (Å²) in [5.41, 5.74) is -0.351. The van der Waals surface area contributed by atoms with Gasteiger partial charge in [0.1, 0.15) is 0 Å². The van der Waals surface area contributed by atoms with E-state index in [0.29, 0.717) is 11.4 Å². The smallest absolute Gasteiger partial charge is 0.207 e. The summed E-state index contributed by atoms with van der Waals surface area (Å²) in [6.45, 7) is 12.7. The minimum atomic E-state index is -3.30. The van der Waals surface area contributed by atoms with E-state index >= 15 is 0 Å². The van der Waals surface area contributed by atoms with Crippen molar-refractivity contribution >= 4 is 21.4 Å². The Kier molecular flexibility index (Phi) is 2.97. The first-order valence-corrected chi connectivity index (χ1v) is 8.36. The molecule has 0 saturated carbocycles. The minimum Gasteiger partial charge on any atom is -0.207 e. The van der Waals surface area contributed by atoms with Crippen molar-refractivity contribution in [2.45, 2.75) is 63.9 Å². The largest absolute Gasteiger partial charge is 0.245 e. The molecule has 0 unspecified atom stereocenters. The molecule has 0 N–H and O–H groups in total. The zero-order valence-corrected chi connectivity index (χ0v) is 13.5. The Hall–Kier alpha value is -0.390. The first-order valence-electron chi connectivity index (χ1n) is 6.10. The van der Waals surface area contributed by atoms with E-state index in [1.54, 1.807) is 15.6 Å². The fraction of sp³-hybridized carbons (Fsp3) is 0.692. The fourth-order valence-electron chi connectivity index (χ4n) is 2.04. The third-order valence-electron chi connectivity index (χ3n) is 3.11. The first kappa shape index (κ1) is 14.0. The van der Waals surface area contributed by atoms with Crippen LogP contribution in [0.3, 0.4) is 0 Å². The van der Waals surface area contributed by atoms with Gasteiger partial charge >= 0.3 is 0 Å². The number of hydrogen-bond donors (Lipinski definition) is 0. The van der Waals surface area contributed by atoms with E-state index in [4.69, 9.17) is 0 Å². The SMILES string of the molecule is CC(C)(C)c1cc2c(s1)CN(C(C)(C)C)S2(=O)=O. The lowest BCUT2D eigenvalue weighted by molar-refractivity contribution is 0.253. The van der Waals surface area contributed by atoms with Crippen molar-refractivity contribution in [3.63, 3.8) is 0 Å². The molecule has 0 saturated heterocycles. The molecule has 2 heterocycles. The molecular formula is C13H21NO2S2. The van der Waals surface area contributed by atoms with Gasteiger partial charge < -0.3 is 0 Å². The Morgan fingerprint density at radius 1 is 1.17 bits per heavy atom. The predicted octanol–water partition coefficient (Wildman–Crippen LogP) is 3.35. The molecule has 1 aliphatic rings. The van der Waals surface area contributed by atoms with Crippen molar-refractivity contribution in [2.24, 2.45) is 0 Å². The molecule has 1 aromatic heterocycles. The topological polar surface area (TPSA) is 37.4 Å². The highest BCUT2D eigenvalue weighted by atomic mass is 32.2. The molecule has 0 amide bonds. The van der Waals surface area contributed by atoms with Gasteiger partial charge in [0.2, 0.25) is 10.0 Å². The number of fused-ring (bicyclic) bond motifs is 1. The molecule has 0 fully saturated rings. The van der Waals surface area contributed by atoms with E-state index in [0.717, 1.165) is 9.75 Å². The van der Waals surface area contributed by atoms with Gasteiger partial charge in [-0.05, 0) is 32.3 Å².